The van der Waals surface area contributed by atoms with E-state index in [0.29, 0.717) is 5.82 Å². The molecule has 0 fully saturated rings. The number of halogens is 1. The highest BCUT2D eigenvalue weighted by molar-refractivity contribution is 7.17. The highest BCUT2D eigenvalue weighted by atomic mass is 32.1. The number of rotatable bonds is 4. The molecule has 0 aliphatic rings. The Hall–Kier alpha value is -2.54. The zero-order valence-electron chi connectivity index (χ0n) is 15.2. The van der Waals surface area contributed by atoms with E-state index in [4.69, 9.17) is 0 Å². The molecule has 0 spiro atoms. The average molecular weight is 372 g/mol. The van der Waals surface area contributed by atoms with E-state index in [1.807, 2.05) is 38.1 Å². The minimum atomic E-state index is -0.291. The first-order valence-corrected chi connectivity index (χ1v) is 9.13. The fourth-order valence-electron chi connectivity index (χ4n) is 2.74. The molecule has 0 atom stereocenters. The van der Waals surface area contributed by atoms with Crippen molar-refractivity contribution in [1.82, 2.24) is 15.3 Å². The van der Waals surface area contributed by atoms with Crippen LogP contribution in [0.1, 0.15) is 20.8 Å². The van der Waals surface area contributed by atoms with Crippen LogP contribution in [-0.2, 0) is 4.79 Å². The van der Waals surface area contributed by atoms with E-state index < -0.39 is 0 Å². The molecule has 1 N–H and O–H groups in total. The Bertz CT molecular complexity index is 931. The van der Waals surface area contributed by atoms with Crippen molar-refractivity contribution in [3.63, 3.8) is 0 Å². The fourth-order valence-corrected chi connectivity index (χ4v) is 3.65. The third kappa shape index (κ3) is 3.99. The maximum absolute atomic E-state index is 13.3. The van der Waals surface area contributed by atoms with Crippen molar-refractivity contribution in [2.45, 2.75) is 26.3 Å². The van der Waals surface area contributed by atoms with Crippen LogP contribution in [0.5, 0.6) is 0 Å². The SMILES string of the molecule is CN(CC(=O)NC(C)(C)C)c1ncnc2scc(-c3ccc(F)cc3)c12. The lowest BCUT2D eigenvalue weighted by atomic mass is 10.1. The summed E-state index contributed by atoms with van der Waals surface area (Å²) in [5.41, 5.74) is 1.53. The molecule has 26 heavy (non-hydrogen) atoms. The summed E-state index contributed by atoms with van der Waals surface area (Å²) < 4.78 is 13.3. The third-order valence-corrected chi connectivity index (χ3v) is 4.65. The number of carbonyl (C=O) groups excluding carboxylic acids is 1. The van der Waals surface area contributed by atoms with Crippen LogP contribution in [0.25, 0.3) is 21.3 Å². The first-order valence-electron chi connectivity index (χ1n) is 8.25. The summed E-state index contributed by atoms with van der Waals surface area (Å²) in [6, 6.07) is 6.34. The van der Waals surface area contributed by atoms with Gasteiger partial charge in [0.05, 0.1) is 11.9 Å². The van der Waals surface area contributed by atoms with Gasteiger partial charge in [0, 0.05) is 23.5 Å². The summed E-state index contributed by atoms with van der Waals surface area (Å²) in [6.45, 7) is 6.01. The van der Waals surface area contributed by atoms with Gasteiger partial charge in [0.15, 0.2) is 0 Å². The largest absolute Gasteiger partial charge is 0.350 e. The molecule has 5 nitrogen and oxygen atoms in total. The van der Waals surface area contributed by atoms with Crippen molar-refractivity contribution in [1.29, 1.82) is 0 Å². The van der Waals surface area contributed by atoms with Gasteiger partial charge in [-0.25, -0.2) is 14.4 Å². The van der Waals surface area contributed by atoms with Gasteiger partial charge in [-0.2, -0.15) is 0 Å². The lowest BCUT2D eigenvalue weighted by molar-refractivity contribution is -0.121. The molecule has 2 heterocycles. The second-order valence-electron chi connectivity index (χ2n) is 7.19. The van der Waals surface area contributed by atoms with Crippen molar-refractivity contribution >= 4 is 33.3 Å². The molecule has 7 heteroatoms. The number of fused-ring (bicyclic) bond motifs is 1. The minimum Gasteiger partial charge on any atom is -0.350 e. The molecule has 0 radical (unpaired) electrons. The molecule has 1 amide bonds. The van der Waals surface area contributed by atoms with E-state index in [-0.39, 0.29) is 23.8 Å². The zero-order valence-corrected chi connectivity index (χ0v) is 16.0. The van der Waals surface area contributed by atoms with Crippen LogP contribution in [0.15, 0.2) is 36.0 Å². The first kappa shape index (κ1) is 18.3. The van der Waals surface area contributed by atoms with Crippen LogP contribution in [0, 0.1) is 5.82 Å². The summed E-state index contributed by atoms with van der Waals surface area (Å²) in [7, 11) is 1.83. The van der Waals surface area contributed by atoms with E-state index >= 15 is 0 Å². The van der Waals surface area contributed by atoms with Crippen LogP contribution in [-0.4, -0.2) is 35.0 Å². The lowest BCUT2D eigenvalue weighted by Crippen LogP contribution is -2.45. The number of hydrogen-bond donors (Lipinski definition) is 1. The number of hydrogen-bond acceptors (Lipinski definition) is 5. The predicted molar refractivity (Wildman–Crippen MR) is 104 cm³/mol. The number of benzene rings is 1. The van der Waals surface area contributed by atoms with E-state index in [2.05, 4.69) is 15.3 Å². The monoisotopic (exact) mass is 372 g/mol. The highest BCUT2D eigenvalue weighted by Crippen LogP contribution is 2.37. The Morgan fingerprint density at radius 2 is 1.92 bits per heavy atom. The van der Waals surface area contributed by atoms with Crippen molar-refractivity contribution in [2.75, 3.05) is 18.5 Å². The summed E-state index contributed by atoms with van der Waals surface area (Å²) >= 11 is 1.50. The quantitative estimate of drug-likeness (QED) is 0.756. The molecule has 0 saturated heterocycles. The normalized spacial score (nSPS) is 11.6. The number of amides is 1. The average Bonchev–Trinajstić information content (AvgIpc) is 2.97. The van der Waals surface area contributed by atoms with Crippen LogP contribution in [0.3, 0.4) is 0 Å². The molecule has 2 aromatic heterocycles. The van der Waals surface area contributed by atoms with Crippen molar-refractivity contribution in [2.24, 2.45) is 0 Å². The number of thiophene rings is 1. The van der Waals surface area contributed by atoms with Gasteiger partial charge >= 0.3 is 0 Å². The highest BCUT2D eigenvalue weighted by Gasteiger charge is 2.19. The third-order valence-electron chi connectivity index (χ3n) is 3.76. The summed E-state index contributed by atoms with van der Waals surface area (Å²) in [5.74, 6) is 0.325. The van der Waals surface area contributed by atoms with Gasteiger partial charge in [-0.05, 0) is 38.5 Å². The van der Waals surface area contributed by atoms with Gasteiger partial charge in [0.25, 0.3) is 0 Å². The molecule has 0 unspecified atom stereocenters. The molecule has 0 saturated carbocycles. The van der Waals surface area contributed by atoms with Crippen LogP contribution in [0.4, 0.5) is 10.2 Å². The Kier molecular flexibility index (Phi) is 4.91. The topological polar surface area (TPSA) is 58.1 Å². The molecule has 0 bridgehead atoms. The standard InChI is InChI=1S/C19H21FN4OS/c1-19(2,3)23-15(25)9-24(4)17-16-14(10-26-18(16)22-11-21-17)12-5-7-13(20)8-6-12/h5-8,10-11H,9H2,1-4H3,(H,23,25). The van der Waals surface area contributed by atoms with Gasteiger partial charge in [-0.3, -0.25) is 4.79 Å². The van der Waals surface area contributed by atoms with E-state index in [9.17, 15) is 9.18 Å². The zero-order chi connectivity index (χ0) is 18.9. The van der Waals surface area contributed by atoms with Gasteiger partial charge in [0.2, 0.25) is 5.91 Å². The number of carbonyl (C=O) groups is 1. The maximum atomic E-state index is 13.3. The molecule has 3 aromatic rings. The van der Waals surface area contributed by atoms with Gasteiger partial charge in [0.1, 0.15) is 22.8 Å². The van der Waals surface area contributed by atoms with Crippen molar-refractivity contribution < 1.29 is 9.18 Å². The molecule has 0 aliphatic heterocycles. The molecule has 0 aliphatic carbocycles. The fraction of sp³-hybridized carbons (Fsp3) is 0.316. The summed E-state index contributed by atoms with van der Waals surface area (Å²) in [5, 5.41) is 5.81. The Morgan fingerprint density at radius 3 is 2.58 bits per heavy atom. The van der Waals surface area contributed by atoms with Crippen LogP contribution in [0.2, 0.25) is 0 Å². The summed E-state index contributed by atoms with van der Waals surface area (Å²) in [4.78, 5) is 23.6. The number of aromatic nitrogens is 2. The molecular formula is C19H21FN4OS. The molecule has 3 rings (SSSR count). The van der Waals surface area contributed by atoms with Crippen molar-refractivity contribution in [3.8, 4) is 11.1 Å². The van der Waals surface area contributed by atoms with E-state index in [1.54, 1.807) is 12.1 Å². The predicted octanol–water partition coefficient (Wildman–Crippen LogP) is 3.85. The number of nitrogens with zero attached hydrogens (tertiary/aromatic N) is 3. The Labute approximate surface area is 155 Å². The van der Waals surface area contributed by atoms with Crippen LogP contribution < -0.4 is 10.2 Å². The summed E-state index contributed by atoms with van der Waals surface area (Å²) in [6.07, 6.45) is 1.50. The smallest absolute Gasteiger partial charge is 0.239 e. The van der Waals surface area contributed by atoms with Gasteiger partial charge < -0.3 is 10.2 Å². The minimum absolute atomic E-state index is 0.0784. The molecule has 1 aromatic carbocycles. The maximum Gasteiger partial charge on any atom is 0.239 e. The van der Waals surface area contributed by atoms with Crippen molar-refractivity contribution in [3.05, 3.63) is 41.8 Å². The second kappa shape index (κ2) is 6.99. The number of anilines is 1. The lowest BCUT2D eigenvalue weighted by Gasteiger charge is -2.24. The first-order chi connectivity index (χ1) is 12.2. The molecule has 136 valence electrons. The van der Waals surface area contributed by atoms with Gasteiger partial charge in [-0.15, -0.1) is 11.3 Å². The number of likely N-dealkylation sites (N-methyl/N-ethyl adjacent to an activating group) is 1. The Balaban J connectivity index is 1.97. The van der Waals surface area contributed by atoms with E-state index in [0.717, 1.165) is 21.3 Å². The number of nitrogens with one attached hydrogen (secondary N) is 1. The van der Waals surface area contributed by atoms with Gasteiger partial charge in [-0.1, -0.05) is 12.1 Å². The Morgan fingerprint density at radius 1 is 1.23 bits per heavy atom. The molecular weight excluding hydrogens is 351 g/mol. The van der Waals surface area contributed by atoms with E-state index in [1.165, 1.54) is 29.8 Å². The second-order valence-corrected chi connectivity index (χ2v) is 8.05. The van der Waals surface area contributed by atoms with Crippen LogP contribution >= 0.6 is 11.3 Å².